The van der Waals surface area contributed by atoms with Crippen LogP contribution in [0.2, 0.25) is 0 Å². The number of urea groups is 1. The average Bonchev–Trinajstić information content (AvgIpc) is 3.34. The van der Waals surface area contributed by atoms with Crippen LogP contribution in [0.4, 0.5) is 4.79 Å². The lowest BCUT2D eigenvalue weighted by Gasteiger charge is -2.22. The minimum atomic E-state index is -0.178. The highest BCUT2D eigenvalue weighted by Crippen LogP contribution is 2.30. The Morgan fingerprint density at radius 2 is 1.96 bits per heavy atom. The summed E-state index contributed by atoms with van der Waals surface area (Å²) in [6, 6.07) is 8.64. The molecule has 0 saturated carbocycles. The summed E-state index contributed by atoms with van der Waals surface area (Å²) in [5.41, 5.74) is 0.599. The van der Waals surface area contributed by atoms with Gasteiger partial charge in [0.1, 0.15) is 0 Å². The molecular formula is C19H25N5O3. The van der Waals surface area contributed by atoms with Gasteiger partial charge in [0.15, 0.2) is 5.82 Å². The van der Waals surface area contributed by atoms with Crippen molar-refractivity contribution < 1.29 is 14.1 Å². The van der Waals surface area contributed by atoms with Crippen LogP contribution in [0.15, 0.2) is 34.9 Å². The first-order valence-electron chi connectivity index (χ1n) is 9.27. The Labute approximate surface area is 158 Å². The van der Waals surface area contributed by atoms with E-state index < -0.39 is 0 Å². The minimum absolute atomic E-state index is 0.156. The van der Waals surface area contributed by atoms with Crippen molar-refractivity contribution in [1.29, 1.82) is 0 Å². The Hall–Kier alpha value is -2.90. The van der Waals surface area contributed by atoms with Gasteiger partial charge in [-0.2, -0.15) is 4.98 Å². The van der Waals surface area contributed by atoms with Gasteiger partial charge in [-0.1, -0.05) is 37.2 Å². The summed E-state index contributed by atoms with van der Waals surface area (Å²) < 4.78 is 5.27. The maximum Gasteiger partial charge on any atom is 0.318 e. The third-order valence-corrected chi connectivity index (χ3v) is 4.49. The lowest BCUT2D eigenvalue weighted by molar-refractivity contribution is 0.0953. The third-order valence-electron chi connectivity index (χ3n) is 4.49. The van der Waals surface area contributed by atoms with Crippen LogP contribution in [0.1, 0.15) is 60.7 Å². The normalized spacial score (nSPS) is 16.6. The van der Waals surface area contributed by atoms with Crippen LogP contribution in [0.25, 0.3) is 0 Å². The molecule has 1 saturated heterocycles. The Kier molecular flexibility index (Phi) is 6.05. The van der Waals surface area contributed by atoms with Gasteiger partial charge in [0.05, 0.1) is 6.04 Å². The van der Waals surface area contributed by atoms with Gasteiger partial charge in [-0.25, -0.2) is 4.79 Å². The topological polar surface area (TPSA) is 100 Å². The number of carbonyl (C=O) groups is 2. The SMILES string of the molecule is CC(C)c1nc(C2CCCN2C(=O)NCCNC(=O)c2ccccc2)no1. The molecule has 1 aromatic carbocycles. The fourth-order valence-electron chi connectivity index (χ4n) is 3.03. The summed E-state index contributed by atoms with van der Waals surface area (Å²) >= 11 is 0. The van der Waals surface area contributed by atoms with Crippen molar-refractivity contribution in [3.63, 3.8) is 0 Å². The fourth-order valence-corrected chi connectivity index (χ4v) is 3.03. The summed E-state index contributed by atoms with van der Waals surface area (Å²) in [5.74, 6) is 1.14. The molecule has 3 rings (SSSR count). The second kappa shape index (κ2) is 8.66. The fraction of sp³-hybridized carbons (Fsp3) is 0.474. The molecule has 144 valence electrons. The maximum absolute atomic E-state index is 12.5. The zero-order valence-corrected chi connectivity index (χ0v) is 15.6. The molecule has 2 heterocycles. The molecule has 1 aromatic heterocycles. The molecule has 0 radical (unpaired) electrons. The molecule has 2 N–H and O–H groups in total. The molecule has 1 aliphatic heterocycles. The summed E-state index contributed by atoms with van der Waals surface area (Å²) in [5, 5.41) is 9.68. The maximum atomic E-state index is 12.5. The molecule has 1 atom stereocenters. The van der Waals surface area contributed by atoms with E-state index in [1.807, 2.05) is 32.0 Å². The van der Waals surface area contributed by atoms with E-state index in [-0.39, 0.29) is 23.9 Å². The largest absolute Gasteiger partial charge is 0.350 e. The number of nitrogens with one attached hydrogen (secondary N) is 2. The molecule has 8 nitrogen and oxygen atoms in total. The van der Waals surface area contributed by atoms with Crippen molar-refractivity contribution in [3.05, 3.63) is 47.6 Å². The molecular weight excluding hydrogens is 346 g/mol. The molecule has 27 heavy (non-hydrogen) atoms. The van der Waals surface area contributed by atoms with Crippen LogP contribution in [0.5, 0.6) is 0 Å². The molecule has 1 fully saturated rings. The highest BCUT2D eigenvalue weighted by atomic mass is 16.5. The number of carbonyl (C=O) groups excluding carboxylic acids is 2. The Morgan fingerprint density at radius 3 is 2.67 bits per heavy atom. The molecule has 1 aliphatic rings. The van der Waals surface area contributed by atoms with E-state index in [0.717, 1.165) is 12.8 Å². The van der Waals surface area contributed by atoms with E-state index in [1.165, 1.54) is 0 Å². The van der Waals surface area contributed by atoms with E-state index in [2.05, 4.69) is 20.8 Å². The van der Waals surface area contributed by atoms with Gasteiger partial charge in [-0.3, -0.25) is 4.79 Å². The number of rotatable bonds is 6. The Morgan fingerprint density at radius 1 is 1.22 bits per heavy atom. The van der Waals surface area contributed by atoms with Crippen molar-refractivity contribution in [2.24, 2.45) is 0 Å². The van der Waals surface area contributed by atoms with Crippen molar-refractivity contribution >= 4 is 11.9 Å². The van der Waals surface area contributed by atoms with Crippen molar-refractivity contribution in [2.75, 3.05) is 19.6 Å². The molecule has 8 heteroatoms. The molecule has 0 bridgehead atoms. The second-order valence-electron chi connectivity index (χ2n) is 6.85. The Balaban J connectivity index is 1.47. The monoisotopic (exact) mass is 371 g/mol. The number of hydrogen-bond acceptors (Lipinski definition) is 5. The number of aromatic nitrogens is 2. The van der Waals surface area contributed by atoms with E-state index in [4.69, 9.17) is 4.52 Å². The number of benzene rings is 1. The van der Waals surface area contributed by atoms with Crippen LogP contribution in [-0.4, -0.2) is 46.6 Å². The number of hydrogen-bond donors (Lipinski definition) is 2. The van der Waals surface area contributed by atoms with E-state index in [1.54, 1.807) is 17.0 Å². The first-order valence-corrected chi connectivity index (χ1v) is 9.27. The lowest BCUT2D eigenvalue weighted by Crippen LogP contribution is -2.42. The van der Waals surface area contributed by atoms with Crippen LogP contribution < -0.4 is 10.6 Å². The lowest BCUT2D eigenvalue weighted by atomic mass is 10.2. The van der Waals surface area contributed by atoms with Crippen molar-refractivity contribution in [1.82, 2.24) is 25.7 Å². The summed E-state index contributed by atoms with van der Waals surface area (Å²) in [7, 11) is 0. The number of amides is 3. The minimum Gasteiger partial charge on any atom is -0.350 e. The third kappa shape index (κ3) is 4.64. The Bertz CT molecular complexity index is 775. The van der Waals surface area contributed by atoms with Gasteiger partial charge in [0.25, 0.3) is 5.91 Å². The first kappa shape index (κ1) is 18.9. The van der Waals surface area contributed by atoms with Crippen LogP contribution in [0, 0.1) is 0 Å². The second-order valence-corrected chi connectivity index (χ2v) is 6.85. The number of likely N-dealkylation sites (tertiary alicyclic amines) is 1. The summed E-state index contributed by atoms with van der Waals surface area (Å²) in [6.07, 6.45) is 1.71. The molecule has 2 aromatic rings. The van der Waals surface area contributed by atoms with Gasteiger partial charge in [-0.15, -0.1) is 0 Å². The highest BCUT2D eigenvalue weighted by molar-refractivity contribution is 5.94. The summed E-state index contributed by atoms with van der Waals surface area (Å²) in [6.45, 7) is 5.33. The number of nitrogens with zero attached hydrogens (tertiary/aromatic N) is 3. The van der Waals surface area contributed by atoms with E-state index in [9.17, 15) is 9.59 Å². The van der Waals surface area contributed by atoms with E-state index in [0.29, 0.717) is 36.9 Å². The van der Waals surface area contributed by atoms with Gasteiger partial charge in [0.2, 0.25) is 5.89 Å². The predicted octanol–water partition coefficient (Wildman–Crippen LogP) is 2.47. The molecule has 0 aliphatic carbocycles. The molecule has 0 spiro atoms. The van der Waals surface area contributed by atoms with Crippen molar-refractivity contribution in [2.45, 2.75) is 38.6 Å². The van der Waals surface area contributed by atoms with Gasteiger partial charge in [0, 0.05) is 31.1 Å². The zero-order chi connectivity index (χ0) is 19.2. The van der Waals surface area contributed by atoms with Crippen LogP contribution >= 0.6 is 0 Å². The average molecular weight is 371 g/mol. The quantitative estimate of drug-likeness (QED) is 0.760. The smallest absolute Gasteiger partial charge is 0.318 e. The summed E-state index contributed by atoms with van der Waals surface area (Å²) in [4.78, 5) is 30.6. The van der Waals surface area contributed by atoms with Crippen molar-refractivity contribution in [3.8, 4) is 0 Å². The highest BCUT2D eigenvalue weighted by Gasteiger charge is 2.33. The standard InChI is InChI=1S/C19H25N5O3/c1-13(2)18-22-16(23-27-18)15-9-6-12-24(15)19(26)21-11-10-20-17(25)14-7-4-3-5-8-14/h3-5,7-8,13,15H,6,9-12H2,1-2H3,(H,20,25)(H,21,26). The molecule has 3 amide bonds. The van der Waals surface area contributed by atoms with Gasteiger partial charge >= 0.3 is 6.03 Å². The predicted molar refractivity (Wildman–Crippen MR) is 99.2 cm³/mol. The first-order chi connectivity index (χ1) is 13.1. The zero-order valence-electron chi connectivity index (χ0n) is 15.6. The van der Waals surface area contributed by atoms with Crippen LogP contribution in [-0.2, 0) is 0 Å². The van der Waals surface area contributed by atoms with Gasteiger partial charge in [-0.05, 0) is 25.0 Å². The van der Waals surface area contributed by atoms with E-state index >= 15 is 0 Å². The van der Waals surface area contributed by atoms with Gasteiger partial charge < -0.3 is 20.1 Å². The molecule has 1 unspecified atom stereocenters. The van der Waals surface area contributed by atoms with Crippen LogP contribution in [0.3, 0.4) is 0 Å².